The predicted octanol–water partition coefficient (Wildman–Crippen LogP) is 3.95. The molecular weight excluding hydrogens is 322 g/mol. The zero-order valence-corrected chi connectivity index (χ0v) is 15.7. The summed E-state index contributed by atoms with van der Waals surface area (Å²) in [5.74, 6) is 0.904. The van der Waals surface area contributed by atoms with Crippen molar-refractivity contribution in [3.63, 3.8) is 0 Å². The second-order valence-corrected chi connectivity index (χ2v) is 8.27. The molecule has 0 atom stereocenters. The van der Waals surface area contributed by atoms with Gasteiger partial charge in [-0.05, 0) is 41.7 Å². The molecule has 0 amide bonds. The summed E-state index contributed by atoms with van der Waals surface area (Å²) < 4.78 is 32.8. The highest BCUT2D eigenvalue weighted by Gasteiger charge is 2.25. The van der Waals surface area contributed by atoms with E-state index in [4.69, 9.17) is 4.74 Å². The van der Waals surface area contributed by atoms with E-state index in [0.717, 1.165) is 16.9 Å². The second kappa shape index (κ2) is 7.36. The summed E-state index contributed by atoms with van der Waals surface area (Å²) in [6, 6.07) is 13.1. The number of aryl methyl sites for hydroxylation is 1. The zero-order chi connectivity index (χ0) is 17.9. The average Bonchev–Trinajstić information content (AvgIpc) is 2.54. The summed E-state index contributed by atoms with van der Waals surface area (Å²) in [7, 11) is -0.351. The van der Waals surface area contributed by atoms with Crippen molar-refractivity contribution in [2.45, 2.75) is 38.1 Å². The maximum Gasteiger partial charge on any atom is 0.243 e. The summed E-state index contributed by atoms with van der Waals surface area (Å²) >= 11 is 0. The monoisotopic (exact) mass is 347 g/mol. The lowest BCUT2D eigenvalue weighted by Gasteiger charge is -2.21. The molecule has 0 aliphatic carbocycles. The summed E-state index contributed by atoms with van der Waals surface area (Å²) in [5, 5.41) is 0. The van der Waals surface area contributed by atoms with Crippen LogP contribution >= 0.6 is 0 Å². The molecular formula is C19H25NO3S. The first kappa shape index (κ1) is 18.5. The first-order valence-corrected chi connectivity index (χ1v) is 9.40. The number of hydrogen-bond donors (Lipinski definition) is 0. The molecule has 5 heteroatoms. The molecule has 0 heterocycles. The Morgan fingerprint density at radius 1 is 1.12 bits per heavy atom. The van der Waals surface area contributed by atoms with Crippen molar-refractivity contribution in [3.8, 4) is 5.75 Å². The van der Waals surface area contributed by atoms with Gasteiger partial charge in [-0.2, -0.15) is 4.31 Å². The van der Waals surface area contributed by atoms with E-state index in [1.54, 1.807) is 33.2 Å². The Morgan fingerprint density at radius 3 is 2.29 bits per heavy atom. The highest BCUT2D eigenvalue weighted by molar-refractivity contribution is 7.89. The van der Waals surface area contributed by atoms with Crippen molar-refractivity contribution in [1.29, 1.82) is 0 Å². The Morgan fingerprint density at radius 2 is 1.75 bits per heavy atom. The second-order valence-electron chi connectivity index (χ2n) is 6.26. The quantitative estimate of drug-likeness (QED) is 0.795. The maximum absolute atomic E-state index is 13.0. The van der Waals surface area contributed by atoms with Crippen molar-refractivity contribution in [1.82, 2.24) is 4.31 Å². The number of hydrogen-bond acceptors (Lipinski definition) is 3. The van der Waals surface area contributed by atoms with E-state index in [1.165, 1.54) is 4.31 Å². The first-order valence-electron chi connectivity index (χ1n) is 7.96. The van der Waals surface area contributed by atoms with Gasteiger partial charge in [0.05, 0.1) is 12.0 Å². The molecule has 0 unspecified atom stereocenters. The van der Waals surface area contributed by atoms with Crippen LogP contribution in [0.5, 0.6) is 5.75 Å². The van der Waals surface area contributed by atoms with Gasteiger partial charge in [0, 0.05) is 13.6 Å². The van der Waals surface area contributed by atoms with Crippen LogP contribution in [-0.4, -0.2) is 26.9 Å². The minimum absolute atomic E-state index is 0.175. The lowest BCUT2D eigenvalue weighted by molar-refractivity contribution is 0.406. The molecule has 0 aliphatic heterocycles. The first-order chi connectivity index (χ1) is 11.3. The van der Waals surface area contributed by atoms with Crippen molar-refractivity contribution >= 4 is 10.0 Å². The highest BCUT2D eigenvalue weighted by Crippen LogP contribution is 2.32. The molecule has 0 spiro atoms. The third-order valence-corrected chi connectivity index (χ3v) is 6.03. The minimum atomic E-state index is -3.57. The van der Waals surface area contributed by atoms with Crippen LogP contribution in [0.3, 0.4) is 0 Å². The van der Waals surface area contributed by atoms with Crippen LogP contribution in [0.15, 0.2) is 47.4 Å². The smallest absolute Gasteiger partial charge is 0.243 e. The fourth-order valence-corrected chi connectivity index (χ4v) is 4.07. The van der Waals surface area contributed by atoms with Crippen LogP contribution in [0, 0.1) is 6.92 Å². The maximum atomic E-state index is 13.0. The molecule has 0 aliphatic rings. The van der Waals surface area contributed by atoms with Gasteiger partial charge in [0.25, 0.3) is 0 Å². The number of ether oxygens (including phenoxy) is 1. The molecule has 130 valence electrons. The van der Waals surface area contributed by atoms with Crippen molar-refractivity contribution in [2.24, 2.45) is 0 Å². The van der Waals surface area contributed by atoms with Crippen LogP contribution in [-0.2, 0) is 16.6 Å². The van der Waals surface area contributed by atoms with Gasteiger partial charge in [-0.25, -0.2) is 8.42 Å². The molecule has 0 saturated carbocycles. The van der Waals surface area contributed by atoms with E-state index in [9.17, 15) is 8.42 Å². The molecule has 2 aromatic carbocycles. The fourth-order valence-electron chi connectivity index (χ4n) is 2.68. The number of benzene rings is 2. The van der Waals surface area contributed by atoms with E-state index in [2.05, 4.69) is 0 Å². The van der Waals surface area contributed by atoms with Gasteiger partial charge in [-0.15, -0.1) is 0 Å². The molecule has 0 radical (unpaired) electrons. The average molecular weight is 347 g/mol. The van der Waals surface area contributed by atoms with Gasteiger partial charge in [0.15, 0.2) is 0 Å². The predicted molar refractivity (Wildman–Crippen MR) is 96.9 cm³/mol. The normalized spacial score (nSPS) is 12.0. The van der Waals surface area contributed by atoms with E-state index in [1.807, 2.05) is 44.2 Å². The third kappa shape index (κ3) is 3.79. The van der Waals surface area contributed by atoms with Crippen molar-refractivity contribution in [2.75, 3.05) is 14.2 Å². The Labute approximate surface area is 145 Å². The standard InChI is InChI=1S/C19H25NO3S/c1-14(2)17-12-19(15(3)11-18(17)23-5)24(21,22)20(4)13-16-9-7-6-8-10-16/h6-12,14H,13H2,1-5H3. The summed E-state index contributed by atoms with van der Waals surface area (Å²) in [4.78, 5) is 0.338. The lowest BCUT2D eigenvalue weighted by Crippen LogP contribution is -2.27. The molecule has 0 fully saturated rings. The van der Waals surface area contributed by atoms with Crippen LogP contribution in [0.2, 0.25) is 0 Å². The van der Waals surface area contributed by atoms with Gasteiger partial charge in [0.1, 0.15) is 5.75 Å². The van der Waals surface area contributed by atoms with Crippen LogP contribution in [0.1, 0.15) is 36.5 Å². The molecule has 2 aromatic rings. The van der Waals surface area contributed by atoms with Gasteiger partial charge in [0.2, 0.25) is 10.0 Å². The molecule has 0 aromatic heterocycles. The van der Waals surface area contributed by atoms with E-state index < -0.39 is 10.0 Å². The largest absolute Gasteiger partial charge is 0.496 e. The molecule has 0 N–H and O–H groups in total. The Bertz CT molecular complexity index is 799. The minimum Gasteiger partial charge on any atom is -0.496 e. The number of sulfonamides is 1. The lowest BCUT2D eigenvalue weighted by atomic mass is 10.0. The van der Waals surface area contributed by atoms with Gasteiger partial charge in [-0.1, -0.05) is 44.2 Å². The van der Waals surface area contributed by atoms with Gasteiger partial charge >= 0.3 is 0 Å². The topological polar surface area (TPSA) is 46.6 Å². The van der Waals surface area contributed by atoms with Crippen LogP contribution in [0.4, 0.5) is 0 Å². The highest BCUT2D eigenvalue weighted by atomic mass is 32.2. The molecule has 4 nitrogen and oxygen atoms in total. The van der Waals surface area contributed by atoms with Gasteiger partial charge < -0.3 is 4.74 Å². The Hall–Kier alpha value is -1.85. The molecule has 2 rings (SSSR count). The zero-order valence-electron chi connectivity index (χ0n) is 14.9. The van der Waals surface area contributed by atoms with Crippen molar-refractivity contribution in [3.05, 3.63) is 59.2 Å². The van der Waals surface area contributed by atoms with E-state index in [-0.39, 0.29) is 5.92 Å². The van der Waals surface area contributed by atoms with Crippen molar-refractivity contribution < 1.29 is 13.2 Å². The SMILES string of the molecule is COc1cc(C)c(S(=O)(=O)N(C)Cc2ccccc2)cc1C(C)C. The number of nitrogens with zero attached hydrogens (tertiary/aromatic N) is 1. The summed E-state index contributed by atoms with van der Waals surface area (Å²) in [6.45, 7) is 6.19. The fraction of sp³-hybridized carbons (Fsp3) is 0.368. The molecule has 0 bridgehead atoms. The van der Waals surface area contributed by atoms with Crippen LogP contribution in [0.25, 0.3) is 0 Å². The Kier molecular flexibility index (Phi) is 5.67. The Balaban J connectivity index is 2.43. The van der Waals surface area contributed by atoms with E-state index >= 15 is 0 Å². The summed E-state index contributed by atoms with van der Waals surface area (Å²) in [5.41, 5.74) is 2.55. The summed E-state index contributed by atoms with van der Waals surface area (Å²) in [6.07, 6.45) is 0. The third-order valence-electron chi connectivity index (χ3n) is 4.09. The molecule has 0 saturated heterocycles. The van der Waals surface area contributed by atoms with Gasteiger partial charge in [-0.3, -0.25) is 0 Å². The number of rotatable bonds is 6. The van der Waals surface area contributed by atoms with E-state index in [0.29, 0.717) is 17.0 Å². The molecule has 24 heavy (non-hydrogen) atoms. The van der Waals surface area contributed by atoms with Crippen LogP contribution < -0.4 is 4.74 Å². The number of methoxy groups -OCH3 is 1.